The van der Waals surface area contributed by atoms with Gasteiger partial charge in [0.15, 0.2) is 0 Å². The van der Waals surface area contributed by atoms with Crippen LogP contribution < -0.4 is 10.8 Å². The third kappa shape index (κ3) is 2.07. The molecule has 0 spiro atoms. The number of rotatable bonds is 1. The molecule has 0 atom stereocenters. The lowest BCUT2D eigenvalue weighted by Gasteiger charge is -2.32. The zero-order valence-electron chi connectivity index (χ0n) is 12.2. The van der Waals surface area contributed by atoms with Gasteiger partial charge in [-0.05, 0) is 46.1 Å². The van der Waals surface area contributed by atoms with Crippen LogP contribution in [-0.2, 0) is 15.7 Å². The predicted molar refractivity (Wildman–Crippen MR) is 79.0 cm³/mol. The summed E-state index contributed by atoms with van der Waals surface area (Å²) in [4.78, 5) is 0. The molecule has 0 bridgehead atoms. The van der Waals surface area contributed by atoms with Crippen LogP contribution in [0.3, 0.4) is 0 Å². The van der Waals surface area contributed by atoms with Gasteiger partial charge in [0, 0.05) is 17.7 Å². The van der Waals surface area contributed by atoms with Crippen molar-refractivity contribution in [1.82, 2.24) is 0 Å². The van der Waals surface area contributed by atoms with E-state index in [4.69, 9.17) is 9.31 Å². The molecule has 1 saturated heterocycles. The number of anilines is 1. The van der Waals surface area contributed by atoms with Crippen LogP contribution in [0, 0.1) is 0 Å². The standard InChI is InChI=1S/C15H22BNO2/c1-14(2)15(3,4)19-16(18-14)12-9-5-7-11-8-6-10-17-13(11)12/h5,7,9,17H,6,8,10H2,1-4H3. The maximum Gasteiger partial charge on any atom is 0.496 e. The molecular formula is C15H22BNO2. The molecule has 19 heavy (non-hydrogen) atoms. The third-order valence-corrected chi connectivity index (χ3v) is 4.61. The molecule has 3 rings (SSSR count). The van der Waals surface area contributed by atoms with E-state index in [-0.39, 0.29) is 18.3 Å². The molecule has 0 amide bonds. The first-order chi connectivity index (χ1) is 8.91. The van der Waals surface area contributed by atoms with Gasteiger partial charge in [0.1, 0.15) is 0 Å². The second-order valence-electron chi connectivity index (χ2n) is 6.50. The Labute approximate surface area is 115 Å². The van der Waals surface area contributed by atoms with E-state index in [1.807, 2.05) is 0 Å². The van der Waals surface area contributed by atoms with Crippen molar-refractivity contribution in [3.05, 3.63) is 23.8 Å². The lowest BCUT2D eigenvalue weighted by molar-refractivity contribution is 0.00578. The number of nitrogens with one attached hydrogen (secondary N) is 1. The Morgan fingerprint density at radius 1 is 1.11 bits per heavy atom. The summed E-state index contributed by atoms with van der Waals surface area (Å²) in [6, 6.07) is 6.40. The van der Waals surface area contributed by atoms with Crippen LogP contribution in [0.1, 0.15) is 39.7 Å². The second kappa shape index (κ2) is 4.25. The average Bonchev–Trinajstić information content (AvgIpc) is 2.58. The largest absolute Gasteiger partial charge is 0.496 e. The van der Waals surface area contributed by atoms with Crippen LogP contribution in [-0.4, -0.2) is 24.9 Å². The Morgan fingerprint density at radius 3 is 2.47 bits per heavy atom. The van der Waals surface area contributed by atoms with Gasteiger partial charge in [-0.1, -0.05) is 18.2 Å². The molecule has 1 N–H and O–H groups in total. The van der Waals surface area contributed by atoms with Crippen LogP contribution >= 0.6 is 0 Å². The van der Waals surface area contributed by atoms with Crippen molar-refractivity contribution >= 4 is 18.3 Å². The molecule has 0 saturated carbocycles. The van der Waals surface area contributed by atoms with E-state index < -0.39 is 0 Å². The number of para-hydroxylation sites is 1. The molecule has 0 aromatic heterocycles. The minimum absolute atomic E-state index is 0.273. The Morgan fingerprint density at radius 2 is 1.79 bits per heavy atom. The molecule has 3 nitrogen and oxygen atoms in total. The molecule has 0 unspecified atom stereocenters. The van der Waals surface area contributed by atoms with Crippen molar-refractivity contribution in [3.63, 3.8) is 0 Å². The first-order valence-electron chi connectivity index (χ1n) is 7.12. The maximum atomic E-state index is 6.15. The fourth-order valence-corrected chi connectivity index (χ4v) is 2.70. The highest BCUT2D eigenvalue weighted by Gasteiger charge is 2.52. The van der Waals surface area contributed by atoms with E-state index in [0.29, 0.717) is 0 Å². The summed E-state index contributed by atoms with van der Waals surface area (Å²) >= 11 is 0. The van der Waals surface area contributed by atoms with E-state index in [1.54, 1.807) is 0 Å². The molecule has 1 aromatic rings. The SMILES string of the molecule is CC1(C)OB(c2cccc3c2NCCC3)OC1(C)C. The van der Waals surface area contributed by atoms with Crippen molar-refractivity contribution in [1.29, 1.82) is 0 Å². The smallest absolute Gasteiger partial charge is 0.399 e. The molecule has 0 aliphatic carbocycles. The molecule has 1 fully saturated rings. The zero-order valence-corrected chi connectivity index (χ0v) is 12.2. The van der Waals surface area contributed by atoms with Gasteiger partial charge >= 0.3 is 7.12 Å². The van der Waals surface area contributed by atoms with E-state index in [2.05, 4.69) is 51.2 Å². The maximum absolute atomic E-state index is 6.15. The summed E-state index contributed by atoms with van der Waals surface area (Å²) in [5, 5.41) is 3.50. The van der Waals surface area contributed by atoms with Crippen LogP contribution in [0.15, 0.2) is 18.2 Å². The Balaban J connectivity index is 1.96. The first-order valence-corrected chi connectivity index (χ1v) is 7.12. The third-order valence-electron chi connectivity index (χ3n) is 4.61. The van der Waals surface area contributed by atoms with Gasteiger partial charge in [-0.25, -0.2) is 0 Å². The van der Waals surface area contributed by atoms with E-state index in [1.165, 1.54) is 17.7 Å². The first kappa shape index (κ1) is 13.0. The van der Waals surface area contributed by atoms with Gasteiger partial charge in [0.05, 0.1) is 11.2 Å². The highest BCUT2D eigenvalue weighted by Crippen LogP contribution is 2.37. The van der Waals surface area contributed by atoms with E-state index in [0.717, 1.165) is 18.4 Å². The Kier molecular flexibility index (Phi) is 2.91. The van der Waals surface area contributed by atoms with Crippen LogP contribution in [0.4, 0.5) is 5.69 Å². The Bertz CT molecular complexity index is 483. The fourth-order valence-electron chi connectivity index (χ4n) is 2.70. The van der Waals surface area contributed by atoms with Crippen molar-refractivity contribution in [2.45, 2.75) is 51.7 Å². The topological polar surface area (TPSA) is 30.5 Å². The highest BCUT2D eigenvalue weighted by atomic mass is 16.7. The van der Waals surface area contributed by atoms with Gasteiger partial charge in [0.25, 0.3) is 0 Å². The summed E-state index contributed by atoms with van der Waals surface area (Å²) in [5.41, 5.74) is 3.16. The van der Waals surface area contributed by atoms with E-state index >= 15 is 0 Å². The lowest BCUT2D eigenvalue weighted by Crippen LogP contribution is -2.41. The Hall–Kier alpha value is -0.995. The van der Waals surface area contributed by atoms with Gasteiger partial charge in [0.2, 0.25) is 0 Å². The summed E-state index contributed by atoms with van der Waals surface area (Å²) < 4.78 is 12.3. The molecule has 2 heterocycles. The minimum Gasteiger partial charge on any atom is -0.399 e. The minimum atomic E-state index is -0.283. The van der Waals surface area contributed by atoms with Gasteiger partial charge in [-0.15, -0.1) is 0 Å². The van der Waals surface area contributed by atoms with Crippen LogP contribution in [0.2, 0.25) is 0 Å². The molecule has 4 heteroatoms. The summed E-state index contributed by atoms with van der Waals surface area (Å²) in [6.45, 7) is 9.40. The van der Waals surface area contributed by atoms with E-state index in [9.17, 15) is 0 Å². The number of hydrogen-bond donors (Lipinski definition) is 1. The average molecular weight is 259 g/mol. The lowest BCUT2D eigenvalue weighted by atomic mass is 9.76. The monoisotopic (exact) mass is 259 g/mol. The molecule has 0 radical (unpaired) electrons. The number of aryl methyl sites for hydroxylation is 1. The van der Waals surface area contributed by atoms with Gasteiger partial charge in [-0.3, -0.25) is 0 Å². The molecule has 1 aromatic carbocycles. The van der Waals surface area contributed by atoms with Gasteiger partial charge in [-0.2, -0.15) is 0 Å². The quantitative estimate of drug-likeness (QED) is 0.785. The summed E-state index contributed by atoms with van der Waals surface area (Å²) in [6.07, 6.45) is 2.33. The second-order valence-corrected chi connectivity index (χ2v) is 6.50. The highest BCUT2D eigenvalue weighted by molar-refractivity contribution is 6.64. The molecule has 2 aliphatic heterocycles. The normalized spacial score (nSPS) is 23.9. The van der Waals surface area contributed by atoms with Crippen molar-refractivity contribution in [2.24, 2.45) is 0 Å². The predicted octanol–water partition coefficient (Wildman–Crippen LogP) is 2.34. The van der Waals surface area contributed by atoms with Crippen molar-refractivity contribution < 1.29 is 9.31 Å². The molecule has 102 valence electrons. The number of hydrogen-bond acceptors (Lipinski definition) is 3. The number of benzene rings is 1. The molecule has 2 aliphatic rings. The summed E-state index contributed by atoms with van der Waals surface area (Å²) in [5.74, 6) is 0. The van der Waals surface area contributed by atoms with Crippen molar-refractivity contribution in [2.75, 3.05) is 11.9 Å². The van der Waals surface area contributed by atoms with Gasteiger partial charge < -0.3 is 14.6 Å². The number of fused-ring (bicyclic) bond motifs is 1. The van der Waals surface area contributed by atoms with Crippen molar-refractivity contribution in [3.8, 4) is 0 Å². The van der Waals surface area contributed by atoms with Crippen LogP contribution in [0.25, 0.3) is 0 Å². The molecular weight excluding hydrogens is 237 g/mol. The zero-order chi connectivity index (χ0) is 13.7. The van der Waals surface area contributed by atoms with Crippen LogP contribution in [0.5, 0.6) is 0 Å². The fraction of sp³-hybridized carbons (Fsp3) is 0.600. The summed E-state index contributed by atoms with van der Waals surface area (Å²) in [7, 11) is -0.273.